The highest BCUT2D eigenvalue weighted by molar-refractivity contribution is 4.68. The van der Waals surface area contributed by atoms with Crippen molar-refractivity contribution in [3.8, 4) is 0 Å². The molecule has 0 aliphatic heterocycles. The van der Waals surface area contributed by atoms with E-state index in [1.54, 1.807) is 0 Å². The summed E-state index contributed by atoms with van der Waals surface area (Å²) in [6, 6.07) is 0. The summed E-state index contributed by atoms with van der Waals surface area (Å²) in [7, 11) is 0. The maximum Gasteiger partial charge on any atom is -0.0354 e. The summed E-state index contributed by atoms with van der Waals surface area (Å²) in [5.41, 5.74) is 0.588. The van der Waals surface area contributed by atoms with Crippen LogP contribution in [0.3, 0.4) is 0 Å². The van der Waals surface area contributed by atoms with Crippen molar-refractivity contribution < 1.29 is 0 Å². The van der Waals surface area contributed by atoms with Crippen LogP contribution in [0.25, 0.3) is 0 Å². The van der Waals surface area contributed by atoms with Crippen LogP contribution in [0.5, 0.6) is 0 Å². The zero-order valence-corrected chi connectivity index (χ0v) is 17.2. The van der Waals surface area contributed by atoms with Crippen molar-refractivity contribution in [1.29, 1.82) is 0 Å². The van der Waals surface area contributed by atoms with E-state index < -0.39 is 0 Å². The molecule has 0 N–H and O–H groups in total. The average Bonchev–Trinajstić information content (AvgIpc) is 2.52. The molecule has 0 atom stereocenters. The maximum atomic E-state index is 2.49. The Morgan fingerprint density at radius 2 is 0.652 bits per heavy atom. The summed E-state index contributed by atoms with van der Waals surface area (Å²) in [6.45, 7) is 9.59. The molecule has 0 bridgehead atoms. The van der Waals surface area contributed by atoms with E-state index in [9.17, 15) is 0 Å². The van der Waals surface area contributed by atoms with Gasteiger partial charge >= 0.3 is 0 Å². The lowest BCUT2D eigenvalue weighted by Gasteiger charge is -2.24. The van der Waals surface area contributed by atoms with E-state index in [1.807, 2.05) is 0 Å². The minimum Gasteiger partial charge on any atom is -0.0654 e. The van der Waals surface area contributed by atoms with E-state index in [-0.39, 0.29) is 0 Å². The third-order valence-electron chi connectivity index (χ3n) is 5.41. The second-order valence-corrected chi connectivity index (χ2v) is 8.61. The van der Waals surface area contributed by atoms with Gasteiger partial charge in [-0.25, -0.2) is 0 Å². The topological polar surface area (TPSA) is 0 Å². The lowest BCUT2D eigenvalue weighted by Crippen LogP contribution is -2.11. The molecule has 0 heterocycles. The molecule has 0 heteroatoms. The van der Waals surface area contributed by atoms with E-state index in [0.29, 0.717) is 5.41 Å². The normalized spacial score (nSPS) is 12.0. The average molecular weight is 325 g/mol. The monoisotopic (exact) mass is 324 g/mol. The van der Waals surface area contributed by atoms with Gasteiger partial charge in [-0.3, -0.25) is 0 Å². The summed E-state index contributed by atoms with van der Waals surface area (Å²) in [4.78, 5) is 0. The molecule has 0 amide bonds. The van der Waals surface area contributed by atoms with Crippen LogP contribution in [0.15, 0.2) is 0 Å². The van der Waals surface area contributed by atoms with Crippen LogP contribution in [-0.2, 0) is 0 Å². The third kappa shape index (κ3) is 18.2. The first-order valence-electron chi connectivity index (χ1n) is 11.1. The Morgan fingerprint density at radius 1 is 0.391 bits per heavy atom. The number of hydrogen-bond donors (Lipinski definition) is 0. The van der Waals surface area contributed by atoms with Gasteiger partial charge < -0.3 is 0 Å². The summed E-state index contributed by atoms with van der Waals surface area (Å²) in [5.74, 6) is 0. The summed E-state index contributed by atoms with van der Waals surface area (Å²) in [5, 5.41) is 0. The molecule has 23 heavy (non-hydrogen) atoms. The van der Waals surface area contributed by atoms with E-state index in [1.165, 1.54) is 116 Å². The molecule has 0 fully saturated rings. The lowest BCUT2D eigenvalue weighted by atomic mass is 9.82. The van der Waals surface area contributed by atoms with Crippen molar-refractivity contribution in [2.45, 2.75) is 143 Å². The van der Waals surface area contributed by atoms with Gasteiger partial charge in [0.05, 0.1) is 0 Å². The highest BCUT2D eigenvalue weighted by Crippen LogP contribution is 2.30. The Kier molecular flexibility index (Phi) is 16.8. The minimum absolute atomic E-state index is 0.588. The summed E-state index contributed by atoms with van der Waals surface area (Å²) < 4.78 is 0. The van der Waals surface area contributed by atoms with Crippen LogP contribution >= 0.6 is 0 Å². The van der Waals surface area contributed by atoms with Gasteiger partial charge in [0.1, 0.15) is 0 Å². The smallest absolute Gasteiger partial charge is 0.0354 e. The van der Waals surface area contributed by atoms with Crippen molar-refractivity contribution >= 4 is 0 Å². The molecular formula is C23H48. The quantitative estimate of drug-likeness (QED) is 0.220. The number of unbranched alkanes of at least 4 members (excludes halogenated alkanes) is 14. The predicted octanol–water partition coefficient (Wildman–Crippen LogP) is 9.07. The second kappa shape index (κ2) is 16.8. The van der Waals surface area contributed by atoms with Gasteiger partial charge in [-0.2, -0.15) is 0 Å². The molecule has 0 rings (SSSR count). The zero-order chi connectivity index (χ0) is 17.2. The molecule has 0 aromatic rings. The van der Waals surface area contributed by atoms with Gasteiger partial charge in [-0.1, -0.05) is 130 Å². The van der Waals surface area contributed by atoms with Gasteiger partial charge in [0, 0.05) is 0 Å². The predicted molar refractivity (Wildman–Crippen MR) is 108 cm³/mol. The molecule has 0 aliphatic rings. The maximum absolute atomic E-state index is 2.49. The Bertz CT molecular complexity index is 216. The summed E-state index contributed by atoms with van der Waals surface area (Å²) in [6.07, 6.45) is 26.1. The van der Waals surface area contributed by atoms with E-state index in [0.717, 1.165) is 0 Å². The Hall–Kier alpha value is 0. The van der Waals surface area contributed by atoms with Gasteiger partial charge in [0.25, 0.3) is 0 Å². The second-order valence-electron chi connectivity index (χ2n) is 8.61. The molecule has 0 spiro atoms. The van der Waals surface area contributed by atoms with Crippen LogP contribution in [0, 0.1) is 5.41 Å². The third-order valence-corrected chi connectivity index (χ3v) is 5.41. The largest absolute Gasteiger partial charge is 0.0654 e. The first-order valence-corrected chi connectivity index (χ1v) is 11.1. The minimum atomic E-state index is 0.588. The molecule has 0 aromatic carbocycles. The fraction of sp³-hybridized carbons (Fsp3) is 1.00. The van der Waals surface area contributed by atoms with Crippen LogP contribution < -0.4 is 0 Å². The Labute approximate surface area is 149 Å². The highest BCUT2D eigenvalue weighted by Gasteiger charge is 2.16. The van der Waals surface area contributed by atoms with Gasteiger partial charge in [0.2, 0.25) is 0 Å². The molecule has 0 radical (unpaired) electrons. The number of rotatable bonds is 18. The van der Waals surface area contributed by atoms with Crippen LogP contribution in [0.4, 0.5) is 0 Å². The van der Waals surface area contributed by atoms with Crippen LogP contribution in [0.1, 0.15) is 143 Å². The van der Waals surface area contributed by atoms with Crippen molar-refractivity contribution in [1.82, 2.24) is 0 Å². The molecule has 0 unspecified atom stereocenters. The molecule has 140 valence electrons. The highest BCUT2D eigenvalue weighted by atomic mass is 14.2. The van der Waals surface area contributed by atoms with Crippen LogP contribution in [0.2, 0.25) is 0 Å². The first-order chi connectivity index (χ1) is 11.1. The fourth-order valence-electron chi connectivity index (χ4n) is 3.60. The van der Waals surface area contributed by atoms with Gasteiger partial charge in [0.15, 0.2) is 0 Å². The van der Waals surface area contributed by atoms with Crippen molar-refractivity contribution in [3.05, 3.63) is 0 Å². The molecule has 0 saturated heterocycles. The molecule has 0 nitrogen and oxygen atoms in total. The fourth-order valence-corrected chi connectivity index (χ4v) is 3.60. The van der Waals surface area contributed by atoms with E-state index in [4.69, 9.17) is 0 Å². The molecule has 0 aliphatic carbocycles. The first kappa shape index (κ1) is 23.0. The standard InChI is InChI=1S/C23H48/c1-5-7-9-11-13-14-16-18-20-22-23(3,4)21-19-17-15-12-10-8-6-2/h5-22H2,1-4H3. The van der Waals surface area contributed by atoms with Crippen molar-refractivity contribution in [2.75, 3.05) is 0 Å². The molecule has 0 aromatic heterocycles. The van der Waals surface area contributed by atoms with Gasteiger partial charge in [-0.05, 0) is 18.3 Å². The lowest BCUT2D eigenvalue weighted by molar-refractivity contribution is 0.282. The Balaban J connectivity index is 3.33. The summed E-state index contributed by atoms with van der Waals surface area (Å²) >= 11 is 0. The van der Waals surface area contributed by atoms with Gasteiger partial charge in [-0.15, -0.1) is 0 Å². The van der Waals surface area contributed by atoms with E-state index >= 15 is 0 Å². The van der Waals surface area contributed by atoms with Crippen molar-refractivity contribution in [2.24, 2.45) is 5.41 Å². The SMILES string of the molecule is CCCCCCCCCCCC(C)(C)CCCCCCCCC. The van der Waals surface area contributed by atoms with Crippen molar-refractivity contribution in [3.63, 3.8) is 0 Å². The number of hydrogen-bond acceptors (Lipinski definition) is 0. The molecule has 0 saturated carbocycles. The van der Waals surface area contributed by atoms with Crippen LogP contribution in [-0.4, -0.2) is 0 Å². The Morgan fingerprint density at radius 3 is 0.957 bits per heavy atom. The molecular weight excluding hydrogens is 276 g/mol. The zero-order valence-electron chi connectivity index (χ0n) is 17.2. The van der Waals surface area contributed by atoms with E-state index in [2.05, 4.69) is 27.7 Å².